The molecule has 0 saturated carbocycles. The Morgan fingerprint density at radius 2 is 1.58 bits per heavy atom. The molecule has 9 heteroatoms. The predicted octanol–water partition coefficient (Wildman–Crippen LogP) is 4.44. The highest BCUT2D eigenvalue weighted by molar-refractivity contribution is 7.92. The summed E-state index contributed by atoms with van der Waals surface area (Å²) in [5.41, 5.74) is 1.86. The van der Waals surface area contributed by atoms with Crippen LogP contribution in [0, 0.1) is 5.82 Å². The zero-order valence-corrected chi connectivity index (χ0v) is 22.8. The standard InChI is InChI=1S/C27H38FN3O4S/c1-7-20(5)29-27(33)24(8-2)30(17-21-13-15-22(28)16-14-21)26(32)18-31(36(6,34)35)25-12-10-9-11-23(25)19(3)4/h9-16,19-20,24H,7-8,17-18H2,1-6H3,(H,29,33)/t20-,24+/m1/s1. The Balaban J connectivity index is 2.49. The normalized spacial score (nSPS) is 13.2. The summed E-state index contributed by atoms with van der Waals surface area (Å²) >= 11 is 0. The van der Waals surface area contributed by atoms with E-state index in [-0.39, 0.29) is 24.4 Å². The van der Waals surface area contributed by atoms with Crippen LogP contribution in [0.4, 0.5) is 10.1 Å². The Morgan fingerprint density at radius 3 is 2.11 bits per heavy atom. The lowest BCUT2D eigenvalue weighted by molar-refractivity contribution is -0.140. The van der Waals surface area contributed by atoms with Crippen LogP contribution in [-0.4, -0.2) is 50.0 Å². The summed E-state index contributed by atoms with van der Waals surface area (Å²) in [6, 6.07) is 11.9. The maximum Gasteiger partial charge on any atom is 0.244 e. The van der Waals surface area contributed by atoms with Gasteiger partial charge in [0.05, 0.1) is 11.9 Å². The molecule has 2 atom stereocenters. The second-order valence-electron chi connectivity index (χ2n) is 9.37. The van der Waals surface area contributed by atoms with Crippen LogP contribution in [0.2, 0.25) is 0 Å². The lowest BCUT2D eigenvalue weighted by atomic mass is 10.0. The Kier molecular flexibility index (Phi) is 10.5. The Bertz CT molecular complexity index is 1140. The molecule has 2 aromatic carbocycles. The van der Waals surface area contributed by atoms with E-state index in [2.05, 4.69) is 5.32 Å². The van der Waals surface area contributed by atoms with Gasteiger partial charge in [-0.25, -0.2) is 12.8 Å². The molecular weight excluding hydrogens is 481 g/mol. The maximum atomic E-state index is 13.8. The summed E-state index contributed by atoms with van der Waals surface area (Å²) < 4.78 is 40.3. The highest BCUT2D eigenvalue weighted by Crippen LogP contribution is 2.29. The average Bonchev–Trinajstić information content (AvgIpc) is 2.82. The van der Waals surface area contributed by atoms with Crippen molar-refractivity contribution < 1.29 is 22.4 Å². The summed E-state index contributed by atoms with van der Waals surface area (Å²) in [7, 11) is -3.82. The van der Waals surface area contributed by atoms with Crippen LogP contribution in [0.15, 0.2) is 48.5 Å². The number of carbonyl (C=O) groups is 2. The van der Waals surface area contributed by atoms with Gasteiger partial charge in [-0.05, 0) is 55.0 Å². The van der Waals surface area contributed by atoms with Crippen molar-refractivity contribution in [3.8, 4) is 0 Å². The van der Waals surface area contributed by atoms with E-state index in [0.29, 0.717) is 17.7 Å². The molecule has 0 unspecified atom stereocenters. The first kappa shape index (κ1) is 29.3. The van der Waals surface area contributed by atoms with Gasteiger partial charge in [0.1, 0.15) is 18.4 Å². The van der Waals surface area contributed by atoms with Gasteiger partial charge in [0.25, 0.3) is 0 Å². The third kappa shape index (κ3) is 7.78. The van der Waals surface area contributed by atoms with E-state index in [0.717, 1.165) is 22.5 Å². The number of hydrogen-bond acceptors (Lipinski definition) is 4. The van der Waals surface area contributed by atoms with Crippen molar-refractivity contribution in [1.82, 2.24) is 10.2 Å². The Labute approximate surface area is 214 Å². The molecule has 7 nitrogen and oxygen atoms in total. The van der Waals surface area contributed by atoms with E-state index < -0.39 is 34.3 Å². The number of rotatable bonds is 12. The van der Waals surface area contributed by atoms with Gasteiger partial charge >= 0.3 is 0 Å². The minimum atomic E-state index is -3.82. The number of nitrogens with zero attached hydrogens (tertiary/aromatic N) is 2. The van der Waals surface area contributed by atoms with Crippen LogP contribution in [0.1, 0.15) is 64.5 Å². The minimum absolute atomic E-state index is 0.0283. The smallest absolute Gasteiger partial charge is 0.244 e. The minimum Gasteiger partial charge on any atom is -0.352 e. The molecule has 0 aromatic heterocycles. The highest BCUT2D eigenvalue weighted by atomic mass is 32.2. The second-order valence-corrected chi connectivity index (χ2v) is 11.3. The first-order chi connectivity index (χ1) is 16.9. The number of sulfonamides is 1. The molecular formula is C27H38FN3O4S. The number of benzene rings is 2. The third-order valence-electron chi connectivity index (χ3n) is 6.16. The fraction of sp³-hybridized carbons (Fsp3) is 0.481. The zero-order valence-electron chi connectivity index (χ0n) is 22.0. The van der Waals surface area contributed by atoms with Gasteiger partial charge in [-0.15, -0.1) is 0 Å². The quantitative estimate of drug-likeness (QED) is 0.449. The number of carbonyl (C=O) groups excluding carboxylic acids is 2. The monoisotopic (exact) mass is 519 g/mol. The van der Waals surface area contributed by atoms with E-state index >= 15 is 0 Å². The zero-order chi connectivity index (χ0) is 27.0. The molecule has 2 aromatic rings. The molecule has 0 fully saturated rings. The first-order valence-electron chi connectivity index (χ1n) is 12.3. The Hall–Kier alpha value is -2.94. The summed E-state index contributed by atoms with van der Waals surface area (Å²) in [5.74, 6) is -1.21. The van der Waals surface area contributed by atoms with Gasteiger partial charge in [-0.1, -0.05) is 58.0 Å². The molecule has 2 amide bonds. The van der Waals surface area contributed by atoms with E-state index in [1.807, 2.05) is 39.8 Å². The number of hydrogen-bond donors (Lipinski definition) is 1. The summed E-state index contributed by atoms with van der Waals surface area (Å²) in [6.45, 7) is 9.11. The SMILES string of the molecule is CC[C@@H](C)NC(=O)[C@H](CC)N(Cc1ccc(F)cc1)C(=O)CN(c1ccccc1C(C)C)S(C)(=O)=O. The number of halogens is 1. The van der Waals surface area contributed by atoms with Gasteiger partial charge in [-0.2, -0.15) is 0 Å². The van der Waals surface area contributed by atoms with E-state index in [1.54, 1.807) is 31.2 Å². The van der Waals surface area contributed by atoms with Crippen LogP contribution < -0.4 is 9.62 Å². The van der Waals surface area contributed by atoms with Gasteiger partial charge in [0.2, 0.25) is 21.8 Å². The van der Waals surface area contributed by atoms with E-state index in [1.165, 1.54) is 17.0 Å². The molecule has 0 aliphatic rings. The lowest BCUT2D eigenvalue weighted by Crippen LogP contribution is -2.53. The number of para-hydroxylation sites is 1. The van der Waals surface area contributed by atoms with E-state index in [4.69, 9.17) is 0 Å². The molecule has 0 heterocycles. The van der Waals surface area contributed by atoms with Gasteiger partial charge < -0.3 is 10.2 Å². The summed E-state index contributed by atoms with van der Waals surface area (Å²) in [6.07, 6.45) is 2.12. The predicted molar refractivity (Wildman–Crippen MR) is 142 cm³/mol. The van der Waals surface area contributed by atoms with Gasteiger partial charge in [0.15, 0.2) is 0 Å². The molecule has 0 aliphatic heterocycles. The molecule has 0 bridgehead atoms. The van der Waals surface area contributed by atoms with E-state index in [9.17, 15) is 22.4 Å². The summed E-state index contributed by atoms with van der Waals surface area (Å²) in [4.78, 5) is 28.3. The summed E-state index contributed by atoms with van der Waals surface area (Å²) in [5, 5.41) is 2.93. The molecule has 0 spiro atoms. The fourth-order valence-corrected chi connectivity index (χ4v) is 4.81. The topological polar surface area (TPSA) is 86.8 Å². The third-order valence-corrected chi connectivity index (χ3v) is 7.29. The molecule has 1 N–H and O–H groups in total. The van der Waals surface area contributed by atoms with Crippen LogP contribution in [0.5, 0.6) is 0 Å². The van der Waals surface area contributed by atoms with Crippen molar-refractivity contribution in [2.45, 2.75) is 72.0 Å². The molecule has 0 aliphatic carbocycles. The van der Waals surface area contributed by atoms with Crippen molar-refractivity contribution in [1.29, 1.82) is 0 Å². The van der Waals surface area contributed by atoms with Crippen LogP contribution in [-0.2, 0) is 26.2 Å². The fourth-order valence-electron chi connectivity index (χ4n) is 3.94. The van der Waals surface area contributed by atoms with Crippen molar-refractivity contribution in [3.05, 3.63) is 65.5 Å². The number of nitrogens with one attached hydrogen (secondary N) is 1. The highest BCUT2D eigenvalue weighted by Gasteiger charge is 2.32. The molecule has 198 valence electrons. The molecule has 0 saturated heterocycles. The second kappa shape index (κ2) is 12.9. The average molecular weight is 520 g/mol. The van der Waals surface area contributed by atoms with Crippen molar-refractivity contribution >= 4 is 27.5 Å². The molecule has 36 heavy (non-hydrogen) atoms. The largest absolute Gasteiger partial charge is 0.352 e. The van der Waals surface area contributed by atoms with Crippen LogP contribution in [0.25, 0.3) is 0 Å². The van der Waals surface area contributed by atoms with Gasteiger partial charge in [-0.3, -0.25) is 13.9 Å². The van der Waals surface area contributed by atoms with Crippen LogP contribution >= 0.6 is 0 Å². The van der Waals surface area contributed by atoms with Crippen molar-refractivity contribution in [3.63, 3.8) is 0 Å². The molecule has 0 radical (unpaired) electrons. The van der Waals surface area contributed by atoms with Crippen LogP contribution in [0.3, 0.4) is 0 Å². The number of anilines is 1. The van der Waals surface area contributed by atoms with Crippen molar-refractivity contribution in [2.24, 2.45) is 0 Å². The maximum absolute atomic E-state index is 13.8. The number of amides is 2. The van der Waals surface area contributed by atoms with Crippen molar-refractivity contribution in [2.75, 3.05) is 17.1 Å². The first-order valence-corrected chi connectivity index (χ1v) is 14.1. The van der Waals surface area contributed by atoms with Gasteiger partial charge in [0, 0.05) is 12.6 Å². The lowest BCUT2D eigenvalue weighted by Gasteiger charge is -2.34. The Morgan fingerprint density at radius 1 is 0.972 bits per heavy atom. The molecule has 2 rings (SSSR count).